The van der Waals surface area contributed by atoms with Crippen molar-refractivity contribution in [3.8, 4) is 12.3 Å². The molecule has 1 aromatic heterocycles. The number of nitrogens with zero attached hydrogens (tertiary/aromatic N) is 2. The Morgan fingerprint density at radius 2 is 1.97 bits per heavy atom. The van der Waals surface area contributed by atoms with Crippen molar-refractivity contribution >= 4 is 40.6 Å². The van der Waals surface area contributed by atoms with E-state index in [1.807, 2.05) is 0 Å². The predicted molar refractivity (Wildman–Crippen MR) is 118 cm³/mol. The summed E-state index contributed by atoms with van der Waals surface area (Å²) in [7, 11) is 1.76. The van der Waals surface area contributed by atoms with E-state index in [1.54, 1.807) is 53.2 Å². The molecule has 2 saturated heterocycles. The maximum atomic E-state index is 13.1. The molecule has 160 valence electrons. The molecule has 3 heterocycles. The molecule has 0 aliphatic carbocycles. The number of rotatable bonds is 5. The number of nitrogens with one attached hydrogen (secondary N) is 2. The number of amides is 4. The number of urea groups is 1. The van der Waals surface area contributed by atoms with E-state index in [2.05, 4.69) is 16.6 Å². The van der Waals surface area contributed by atoms with E-state index in [-0.39, 0.29) is 24.5 Å². The summed E-state index contributed by atoms with van der Waals surface area (Å²) in [6.07, 6.45) is 5.74. The molecule has 0 radical (unpaired) electrons. The Morgan fingerprint density at radius 3 is 2.55 bits per heavy atom. The Balaban J connectivity index is 1.45. The molecular weight excluding hydrogens is 416 g/mol. The largest absolute Gasteiger partial charge is 0.378 e. The summed E-state index contributed by atoms with van der Waals surface area (Å²) >= 11 is 1.20. The van der Waals surface area contributed by atoms with Crippen molar-refractivity contribution in [1.82, 2.24) is 10.2 Å². The number of benzene rings is 1. The summed E-state index contributed by atoms with van der Waals surface area (Å²) in [5, 5.41) is 5.70. The van der Waals surface area contributed by atoms with E-state index in [4.69, 9.17) is 11.2 Å². The Hall–Kier alpha value is -3.35. The fraction of sp³-hybridized carbons (Fsp3) is 0.318. The van der Waals surface area contributed by atoms with Crippen LogP contribution in [0, 0.1) is 12.3 Å². The van der Waals surface area contributed by atoms with Gasteiger partial charge in [-0.25, -0.2) is 4.79 Å². The SMILES string of the molecule is C#Cc1ccc(C(=O)NC2(C(=O)Nc3ccc(N4CCN(C)C4=O)cc3)CCOC2)s1. The van der Waals surface area contributed by atoms with Crippen LogP contribution in [-0.2, 0) is 9.53 Å². The first-order valence-electron chi connectivity index (χ1n) is 9.83. The number of carbonyl (C=O) groups is 3. The standard InChI is InChI=1S/C22H22N4O4S/c1-3-17-8-9-18(31-17)19(27)24-22(10-13-30-14-22)20(28)23-15-4-6-16(7-5-15)26-12-11-25(2)21(26)29/h1,4-9H,10-14H2,2H3,(H,23,28)(H,24,27). The van der Waals surface area contributed by atoms with Crippen molar-refractivity contribution in [3.05, 3.63) is 46.2 Å². The van der Waals surface area contributed by atoms with Crippen molar-refractivity contribution in [3.63, 3.8) is 0 Å². The van der Waals surface area contributed by atoms with Gasteiger partial charge in [0, 0.05) is 44.5 Å². The fourth-order valence-corrected chi connectivity index (χ4v) is 4.29. The molecule has 1 atom stereocenters. The maximum Gasteiger partial charge on any atom is 0.324 e. The van der Waals surface area contributed by atoms with E-state index in [0.29, 0.717) is 41.6 Å². The highest BCUT2D eigenvalue weighted by molar-refractivity contribution is 7.14. The molecule has 0 bridgehead atoms. The van der Waals surface area contributed by atoms with Crippen LogP contribution in [0.2, 0.25) is 0 Å². The molecule has 4 rings (SSSR count). The summed E-state index contributed by atoms with van der Waals surface area (Å²) in [6, 6.07) is 10.3. The van der Waals surface area contributed by atoms with Crippen LogP contribution >= 0.6 is 11.3 Å². The van der Waals surface area contributed by atoms with Crippen molar-refractivity contribution in [2.75, 3.05) is 43.6 Å². The van der Waals surface area contributed by atoms with Gasteiger partial charge in [-0.1, -0.05) is 5.92 Å². The molecule has 2 aliphatic heterocycles. The van der Waals surface area contributed by atoms with Gasteiger partial charge in [0.2, 0.25) is 0 Å². The number of hydrogen-bond donors (Lipinski definition) is 2. The van der Waals surface area contributed by atoms with Gasteiger partial charge in [-0.2, -0.15) is 0 Å². The lowest BCUT2D eigenvalue weighted by Gasteiger charge is -2.27. The van der Waals surface area contributed by atoms with Gasteiger partial charge in [-0.15, -0.1) is 17.8 Å². The smallest absolute Gasteiger partial charge is 0.324 e. The normalized spacial score (nSPS) is 20.6. The van der Waals surface area contributed by atoms with Crippen LogP contribution in [0.25, 0.3) is 0 Å². The molecule has 2 aromatic rings. The van der Waals surface area contributed by atoms with Gasteiger partial charge in [0.25, 0.3) is 11.8 Å². The lowest BCUT2D eigenvalue weighted by Crippen LogP contribution is -2.57. The first kappa shape index (κ1) is 20.9. The van der Waals surface area contributed by atoms with Crippen molar-refractivity contribution in [2.24, 2.45) is 0 Å². The zero-order valence-corrected chi connectivity index (χ0v) is 17.8. The highest BCUT2D eigenvalue weighted by Gasteiger charge is 2.44. The number of likely N-dealkylation sites (N-methyl/N-ethyl adjacent to an activating group) is 1. The van der Waals surface area contributed by atoms with Crippen LogP contribution in [0.4, 0.5) is 16.2 Å². The minimum absolute atomic E-state index is 0.0527. The highest BCUT2D eigenvalue weighted by atomic mass is 32.1. The topological polar surface area (TPSA) is 91.0 Å². The van der Waals surface area contributed by atoms with Gasteiger partial charge in [-0.05, 0) is 36.4 Å². The molecule has 1 aromatic carbocycles. The molecule has 2 N–H and O–H groups in total. The van der Waals surface area contributed by atoms with Gasteiger partial charge in [0.1, 0.15) is 5.54 Å². The maximum absolute atomic E-state index is 13.1. The zero-order chi connectivity index (χ0) is 22.0. The predicted octanol–water partition coefficient (Wildman–Crippen LogP) is 2.13. The summed E-state index contributed by atoms with van der Waals surface area (Å²) in [4.78, 5) is 42.4. The summed E-state index contributed by atoms with van der Waals surface area (Å²) in [5.41, 5.74) is 0.172. The van der Waals surface area contributed by atoms with Crippen molar-refractivity contribution in [2.45, 2.75) is 12.0 Å². The van der Waals surface area contributed by atoms with Crippen LogP contribution in [0.3, 0.4) is 0 Å². The number of ether oxygens (including phenoxy) is 1. The minimum Gasteiger partial charge on any atom is -0.378 e. The average molecular weight is 439 g/mol. The zero-order valence-electron chi connectivity index (χ0n) is 17.0. The molecule has 31 heavy (non-hydrogen) atoms. The number of terminal acetylenes is 1. The van der Waals surface area contributed by atoms with Gasteiger partial charge in [0.15, 0.2) is 0 Å². The quantitative estimate of drug-likeness (QED) is 0.700. The van der Waals surface area contributed by atoms with E-state index < -0.39 is 5.54 Å². The van der Waals surface area contributed by atoms with Gasteiger partial charge in [0.05, 0.1) is 16.4 Å². The number of carbonyl (C=O) groups excluding carboxylic acids is 3. The summed E-state index contributed by atoms with van der Waals surface area (Å²) in [5.74, 6) is 1.79. The Morgan fingerprint density at radius 1 is 1.19 bits per heavy atom. The minimum atomic E-state index is -1.16. The molecule has 0 saturated carbocycles. The van der Waals surface area contributed by atoms with E-state index in [0.717, 1.165) is 5.69 Å². The molecule has 8 nitrogen and oxygen atoms in total. The van der Waals surface area contributed by atoms with Gasteiger partial charge >= 0.3 is 6.03 Å². The monoisotopic (exact) mass is 438 g/mol. The molecule has 2 aliphatic rings. The third kappa shape index (κ3) is 4.13. The third-order valence-electron chi connectivity index (χ3n) is 5.43. The van der Waals surface area contributed by atoms with Crippen LogP contribution in [-0.4, -0.2) is 61.6 Å². The lowest BCUT2D eigenvalue weighted by molar-refractivity contribution is -0.122. The second-order valence-corrected chi connectivity index (χ2v) is 8.59. The Bertz CT molecular complexity index is 1050. The van der Waals surface area contributed by atoms with E-state index >= 15 is 0 Å². The van der Waals surface area contributed by atoms with E-state index in [9.17, 15) is 14.4 Å². The van der Waals surface area contributed by atoms with Gasteiger partial charge in [-0.3, -0.25) is 14.5 Å². The molecule has 0 spiro atoms. The molecule has 4 amide bonds. The Labute approximate surface area is 184 Å². The highest BCUT2D eigenvalue weighted by Crippen LogP contribution is 2.25. The fourth-order valence-electron chi connectivity index (χ4n) is 3.58. The molecule has 1 unspecified atom stereocenters. The van der Waals surface area contributed by atoms with Crippen molar-refractivity contribution < 1.29 is 19.1 Å². The first-order chi connectivity index (χ1) is 14.9. The second kappa shape index (κ2) is 8.41. The number of hydrogen-bond acceptors (Lipinski definition) is 5. The lowest BCUT2D eigenvalue weighted by atomic mass is 9.97. The molecule has 2 fully saturated rings. The van der Waals surface area contributed by atoms with Crippen molar-refractivity contribution in [1.29, 1.82) is 0 Å². The van der Waals surface area contributed by atoms with E-state index in [1.165, 1.54) is 11.3 Å². The molecular formula is C22H22N4O4S. The third-order valence-corrected chi connectivity index (χ3v) is 6.45. The summed E-state index contributed by atoms with van der Waals surface area (Å²) < 4.78 is 5.44. The average Bonchev–Trinajstić information content (AvgIpc) is 3.51. The van der Waals surface area contributed by atoms with Gasteiger partial charge < -0.3 is 20.3 Å². The molecule has 9 heteroatoms. The van der Waals surface area contributed by atoms with Crippen LogP contribution < -0.4 is 15.5 Å². The summed E-state index contributed by atoms with van der Waals surface area (Å²) in [6.45, 7) is 1.76. The number of anilines is 2. The first-order valence-corrected chi connectivity index (χ1v) is 10.6. The Kier molecular flexibility index (Phi) is 5.67. The van der Waals surface area contributed by atoms with Crippen LogP contribution in [0.5, 0.6) is 0 Å². The van der Waals surface area contributed by atoms with Crippen LogP contribution in [0.15, 0.2) is 36.4 Å². The van der Waals surface area contributed by atoms with Crippen LogP contribution in [0.1, 0.15) is 21.0 Å². The number of thiophene rings is 1. The second-order valence-electron chi connectivity index (χ2n) is 7.50.